The molecule has 5 rings (SSSR count). The molecule has 22 heavy (non-hydrogen) atoms. The molecule has 2 unspecified atom stereocenters. The van der Waals surface area contributed by atoms with Crippen molar-refractivity contribution in [1.29, 1.82) is 0 Å². The van der Waals surface area contributed by atoms with Crippen molar-refractivity contribution >= 4 is 0 Å². The Morgan fingerprint density at radius 3 is 3.32 bits per heavy atom. The molecular formula is C18H21NO3. The van der Waals surface area contributed by atoms with Crippen LogP contribution in [-0.2, 0) is 11.8 Å². The minimum atomic E-state index is -2.98. The Bertz CT molecular complexity index is 1060. The summed E-state index contributed by atoms with van der Waals surface area (Å²) in [4.78, 5) is 1.64. The standard InChI is InChI=1S/C18H21NO3/c1-19-8-7-18-11-4-5-13(20)17(18)22-16-14(21-2)6-3-10(15(16)18)9-12(11)19/h3-6,11-13,17,20H,7-9H2,1-2H3/t11-,12+,13?,17?,18-/m0/s1/i2D3,3D,6D,11D,12D,13D,17D. The van der Waals surface area contributed by atoms with E-state index in [1.54, 1.807) is 11.9 Å². The lowest BCUT2D eigenvalue weighted by atomic mass is 9.53. The van der Waals surface area contributed by atoms with Crippen LogP contribution in [0.5, 0.6) is 11.5 Å². The van der Waals surface area contributed by atoms with Gasteiger partial charge in [-0.25, -0.2) is 0 Å². The molecule has 2 heterocycles. The van der Waals surface area contributed by atoms with E-state index < -0.39 is 48.3 Å². The number of likely N-dealkylation sites (tertiary alicyclic amines) is 1. The van der Waals surface area contributed by atoms with Crippen molar-refractivity contribution in [2.24, 2.45) is 5.89 Å². The van der Waals surface area contributed by atoms with Gasteiger partial charge in [-0.1, -0.05) is 18.2 Å². The predicted molar refractivity (Wildman–Crippen MR) is 82.5 cm³/mol. The number of aliphatic hydroxyl groups is 1. The number of nitrogens with zero attached hydrogens (tertiary/aromatic N) is 1. The molecule has 5 atom stereocenters. The van der Waals surface area contributed by atoms with Crippen molar-refractivity contribution in [3.8, 4) is 11.5 Å². The van der Waals surface area contributed by atoms with Crippen LogP contribution in [0.15, 0.2) is 24.2 Å². The van der Waals surface area contributed by atoms with Crippen molar-refractivity contribution in [3.05, 3.63) is 35.4 Å². The Kier molecular flexibility index (Phi) is 1.28. The van der Waals surface area contributed by atoms with E-state index >= 15 is 0 Å². The number of benzene rings is 1. The van der Waals surface area contributed by atoms with Gasteiger partial charge in [0.2, 0.25) is 0 Å². The number of hydrogen-bond donors (Lipinski definition) is 1. The molecule has 1 aromatic rings. The van der Waals surface area contributed by atoms with Gasteiger partial charge < -0.3 is 19.5 Å². The first-order valence-corrected chi connectivity index (χ1v) is 7.25. The lowest BCUT2D eigenvalue weighted by Crippen LogP contribution is -2.64. The van der Waals surface area contributed by atoms with Gasteiger partial charge in [0.05, 0.1) is 16.6 Å². The Morgan fingerprint density at radius 2 is 2.45 bits per heavy atom. The maximum absolute atomic E-state index is 10.9. The van der Waals surface area contributed by atoms with Gasteiger partial charge in [0.15, 0.2) is 11.5 Å². The maximum atomic E-state index is 10.9. The first kappa shape index (κ1) is 6.93. The van der Waals surface area contributed by atoms with E-state index in [-0.39, 0.29) is 42.3 Å². The van der Waals surface area contributed by atoms with Gasteiger partial charge >= 0.3 is 0 Å². The molecule has 0 radical (unpaired) electrons. The summed E-state index contributed by atoms with van der Waals surface area (Å²) in [5.41, 5.74) is -1.44. The Labute approximate surface area is 143 Å². The minimum absolute atomic E-state index is 0.0483. The SMILES string of the molecule is [2H]c1c([2H])c(OC([2H])([2H])[2H])c2c3c1C[C@@]1([2H])N(C)CC[C@@]34C([2H])(O2)C([2H])(O)C=C[C@@]14[2H]. The summed E-state index contributed by atoms with van der Waals surface area (Å²) in [5, 5.41) is 10.9. The van der Waals surface area contributed by atoms with E-state index in [0.29, 0.717) is 0 Å². The summed E-state index contributed by atoms with van der Waals surface area (Å²) in [7, 11) is -1.32. The number of rotatable bonds is 1. The van der Waals surface area contributed by atoms with Gasteiger partial charge in [0, 0.05) is 25.6 Å². The molecule has 0 saturated carbocycles. The molecule has 1 fully saturated rings. The normalized spacial score (nSPS) is 60.9. The van der Waals surface area contributed by atoms with Crippen molar-refractivity contribution in [3.63, 3.8) is 0 Å². The van der Waals surface area contributed by atoms with E-state index in [1.807, 2.05) is 0 Å². The molecule has 4 nitrogen and oxygen atoms in total. The summed E-state index contributed by atoms with van der Waals surface area (Å²) < 4.78 is 86.3. The lowest BCUT2D eigenvalue weighted by molar-refractivity contribution is -0.0453. The molecule has 1 saturated heterocycles. The molecule has 0 amide bonds. The molecule has 2 bridgehead atoms. The zero-order valence-corrected chi connectivity index (χ0v) is 12.0. The fourth-order valence-electron chi connectivity index (χ4n) is 4.26. The molecule has 4 aliphatic rings. The van der Waals surface area contributed by atoms with Gasteiger partial charge in [-0.05, 0) is 38.0 Å². The summed E-state index contributed by atoms with van der Waals surface area (Å²) in [5.74, 6) is -2.73. The Balaban J connectivity index is 1.95. The summed E-state index contributed by atoms with van der Waals surface area (Å²) in [6.45, 7) is 0.252. The number of likely N-dealkylation sites (N-methyl/N-ethyl adjacent to an activating group) is 1. The van der Waals surface area contributed by atoms with Crippen LogP contribution in [0.2, 0.25) is 0 Å². The van der Waals surface area contributed by atoms with E-state index in [4.69, 9.17) is 19.1 Å². The third kappa shape index (κ3) is 1.28. The minimum Gasteiger partial charge on any atom is -0.493 e. The van der Waals surface area contributed by atoms with Crippen LogP contribution in [0, 0.1) is 5.89 Å². The van der Waals surface area contributed by atoms with Gasteiger partial charge in [0.25, 0.3) is 0 Å². The molecule has 4 heteroatoms. The van der Waals surface area contributed by atoms with Crippen molar-refractivity contribution in [2.75, 3.05) is 20.6 Å². The number of hydrogen-bond acceptors (Lipinski definition) is 4. The second kappa shape index (κ2) is 4.06. The zero-order valence-electron chi connectivity index (χ0n) is 21.0. The number of ether oxygens (including phenoxy) is 2. The lowest BCUT2D eigenvalue weighted by Gasteiger charge is -2.56. The number of piperidine rings is 1. The highest BCUT2D eigenvalue weighted by molar-refractivity contribution is 5.62. The molecule has 1 N–H and O–H groups in total. The maximum Gasteiger partial charge on any atom is 0.165 e. The van der Waals surface area contributed by atoms with Gasteiger partial charge in [-0.15, -0.1) is 0 Å². The van der Waals surface area contributed by atoms with Gasteiger partial charge in [0.1, 0.15) is 12.2 Å². The first-order chi connectivity index (χ1) is 14.1. The average molecular weight is 308 g/mol. The van der Waals surface area contributed by atoms with Gasteiger partial charge in [-0.3, -0.25) is 0 Å². The fraction of sp³-hybridized carbons (Fsp3) is 0.556. The molecule has 1 spiro atoms. The Hall–Kier alpha value is -1.52. The summed E-state index contributed by atoms with van der Waals surface area (Å²) in [6.07, 6.45) is -3.02. The Morgan fingerprint density at radius 1 is 1.55 bits per heavy atom. The van der Waals surface area contributed by atoms with Crippen LogP contribution in [-0.4, -0.2) is 48.8 Å². The van der Waals surface area contributed by atoms with Crippen LogP contribution in [0.25, 0.3) is 0 Å². The topological polar surface area (TPSA) is 41.9 Å². The highest BCUT2D eigenvalue weighted by Crippen LogP contribution is 2.62. The van der Waals surface area contributed by atoms with Crippen molar-refractivity contribution in [2.45, 2.75) is 36.4 Å². The summed E-state index contributed by atoms with van der Waals surface area (Å²) >= 11 is 0. The molecular weight excluding hydrogens is 278 g/mol. The van der Waals surface area contributed by atoms with E-state index in [1.165, 1.54) is 6.08 Å². The predicted octanol–water partition coefficient (Wildman–Crippen LogP) is 1.50. The smallest absolute Gasteiger partial charge is 0.165 e. The van der Waals surface area contributed by atoms with Gasteiger partial charge in [-0.2, -0.15) is 0 Å². The third-order valence-corrected chi connectivity index (χ3v) is 5.22. The van der Waals surface area contributed by atoms with Crippen LogP contribution in [0.1, 0.15) is 29.9 Å². The van der Waals surface area contributed by atoms with E-state index in [2.05, 4.69) is 0 Å². The molecule has 116 valence electrons. The molecule has 2 aliphatic carbocycles. The molecule has 2 aliphatic heterocycles. The number of methoxy groups -OCH3 is 1. The quantitative estimate of drug-likeness (QED) is 0.799. The van der Waals surface area contributed by atoms with Crippen molar-refractivity contribution in [1.82, 2.24) is 4.90 Å². The summed E-state index contributed by atoms with van der Waals surface area (Å²) in [6, 6.07) is -2.62. The average Bonchev–Trinajstić information content (AvgIpc) is 2.93. The zero-order chi connectivity index (χ0) is 23.0. The largest absolute Gasteiger partial charge is 0.493 e. The molecule has 1 aromatic carbocycles. The fourth-order valence-corrected chi connectivity index (χ4v) is 4.26. The van der Waals surface area contributed by atoms with Crippen LogP contribution in [0.4, 0.5) is 0 Å². The van der Waals surface area contributed by atoms with E-state index in [0.717, 1.165) is 6.08 Å². The highest BCUT2D eigenvalue weighted by atomic mass is 16.5. The first-order valence-electron chi connectivity index (χ1n) is 11.7. The highest BCUT2D eigenvalue weighted by Gasteiger charge is 2.64. The monoisotopic (exact) mass is 308 g/mol. The third-order valence-electron chi connectivity index (χ3n) is 5.22. The van der Waals surface area contributed by atoms with Crippen LogP contribution < -0.4 is 9.47 Å². The second-order valence-corrected chi connectivity index (χ2v) is 6.13. The van der Waals surface area contributed by atoms with E-state index in [9.17, 15) is 7.85 Å². The van der Waals surface area contributed by atoms with Crippen LogP contribution >= 0.6 is 0 Å². The molecule has 0 aromatic heterocycles. The second-order valence-electron chi connectivity index (χ2n) is 6.13. The van der Waals surface area contributed by atoms with Crippen LogP contribution in [0.3, 0.4) is 0 Å². The van der Waals surface area contributed by atoms with Crippen molar-refractivity contribution < 1.29 is 26.9 Å².